The van der Waals surface area contributed by atoms with E-state index in [0.717, 1.165) is 5.69 Å². The van der Waals surface area contributed by atoms with Crippen molar-refractivity contribution in [3.8, 4) is 5.69 Å². The van der Waals surface area contributed by atoms with Gasteiger partial charge in [-0.05, 0) is 30.3 Å². The molecule has 3 rings (SSSR count). The van der Waals surface area contributed by atoms with E-state index in [1.165, 1.54) is 0 Å². The summed E-state index contributed by atoms with van der Waals surface area (Å²) < 4.78 is 1.72. The van der Waals surface area contributed by atoms with E-state index in [9.17, 15) is 4.79 Å². The zero-order chi connectivity index (χ0) is 15.2. The molecule has 0 spiro atoms. The van der Waals surface area contributed by atoms with Crippen LogP contribution in [-0.4, -0.2) is 15.8 Å². The summed E-state index contributed by atoms with van der Waals surface area (Å²) in [5.41, 5.74) is 1.65. The van der Waals surface area contributed by atoms with Crippen LogP contribution in [0.3, 0.4) is 0 Å². The second-order valence-electron chi connectivity index (χ2n) is 4.57. The number of anilines is 1. The third kappa shape index (κ3) is 3.46. The largest absolute Gasteiger partial charge is 0.345 e. The van der Waals surface area contributed by atoms with Crippen molar-refractivity contribution in [2.45, 2.75) is 0 Å². The highest BCUT2D eigenvalue weighted by atomic mass is 16.2. The fourth-order valence-corrected chi connectivity index (χ4v) is 1.94. The Morgan fingerprint density at radius 1 is 0.955 bits per heavy atom. The number of nitrogens with zero attached hydrogens (tertiary/aromatic N) is 3. The van der Waals surface area contributed by atoms with Crippen LogP contribution in [0.1, 0.15) is 0 Å². The van der Waals surface area contributed by atoms with Gasteiger partial charge >= 0.3 is 6.03 Å². The van der Waals surface area contributed by atoms with Gasteiger partial charge in [-0.3, -0.25) is 0 Å². The zero-order valence-electron chi connectivity index (χ0n) is 11.8. The minimum Gasteiger partial charge on any atom is -0.306 e. The normalized spacial score (nSPS) is 11.2. The van der Waals surface area contributed by atoms with E-state index in [0.29, 0.717) is 11.0 Å². The predicted octanol–water partition coefficient (Wildman–Crippen LogP) is 3.01. The first-order valence-corrected chi connectivity index (χ1v) is 6.82. The van der Waals surface area contributed by atoms with Gasteiger partial charge in [0, 0.05) is 11.9 Å². The Kier molecular flexibility index (Phi) is 4.06. The molecule has 2 amide bonds. The lowest BCUT2D eigenvalue weighted by Crippen LogP contribution is -2.14. The van der Waals surface area contributed by atoms with E-state index in [2.05, 4.69) is 15.4 Å². The molecule has 1 aromatic heterocycles. The van der Waals surface area contributed by atoms with Gasteiger partial charge in [0.2, 0.25) is 0 Å². The Morgan fingerprint density at radius 2 is 1.64 bits per heavy atom. The zero-order valence-corrected chi connectivity index (χ0v) is 11.8. The van der Waals surface area contributed by atoms with Gasteiger partial charge in [-0.15, -0.1) is 0 Å². The number of para-hydroxylation sites is 2. The number of benzene rings is 2. The highest BCUT2D eigenvalue weighted by molar-refractivity contribution is 5.89. The molecule has 0 aliphatic heterocycles. The topological polar surface area (TPSA) is 59.3 Å². The summed E-state index contributed by atoms with van der Waals surface area (Å²) in [4.78, 5) is 15.8. The maximum absolute atomic E-state index is 11.8. The predicted molar refractivity (Wildman–Crippen MR) is 84.6 cm³/mol. The summed E-state index contributed by atoms with van der Waals surface area (Å²) in [6.07, 6.45) is 3.32. The van der Waals surface area contributed by atoms with Crippen molar-refractivity contribution >= 4 is 11.7 Å². The maximum Gasteiger partial charge on any atom is 0.345 e. The van der Waals surface area contributed by atoms with E-state index in [1.807, 2.05) is 48.5 Å². The second kappa shape index (κ2) is 6.49. The number of nitrogens with one attached hydrogen (secondary N) is 1. The monoisotopic (exact) mass is 290 g/mol. The molecule has 2 aromatic carbocycles. The molecule has 0 bridgehead atoms. The van der Waals surface area contributed by atoms with E-state index in [1.54, 1.807) is 35.3 Å². The molecule has 0 aliphatic carbocycles. The average molecular weight is 290 g/mol. The summed E-state index contributed by atoms with van der Waals surface area (Å²) in [6, 6.07) is 20.2. The van der Waals surface area contributed by atoms with Crippen molar-refractivity contribution < 1.29 is 4.79 Å². The number of urea groups is 1. The number of hydrogen-bond acceptors (Lipinski definition) is 2. The summed E-state index contributed by atoms with van der Waals surface area (Å²) in [6.45, 7) is 0. The van der Waals surface area contributed by atoms with Crippen LogP contribution in [0, 0.1) is 0 Å². The molecule has 108 valence electrons. The quantitative estimate of drug-likeness (QED) is 0.788. The number of hydrogen-bond donors (Lipinski definition) is 1. The fourth-order valence-electron chi connectivity index (χ4n) is 1.94. The minimum atomic E-state index is -0.425. The van der Waals surface area contributed by atoms with Crippen LogP contribution in [-0.2, 0) is 0 Å². The van der Waals surface area contributed by atoms with Crippen molar-refractivity contribution in [2.75, 3.05) is 5.32 Å². The number of amides is 2. The third-order valence-corrected chi connectivity index (χ3v) is 2.98. The van der Waals surface area contributed by atoms with Crippen LogP contribution in [0.2, 0.25) is 0 Å². The molecular weight excluding hydrogens is 276 g/mol. The maximum atomic E-state index is 11.8. The molecule has 0 radical (unpaired) electrons. The molecule has 5 nitrogen and oxygen atoms in total. The molecule has 0 fully saturated rings. The first-order chi connectivity index (χ1) is 10.8. The van der Waals surface area contributed by atoms with Gasteiger partial charge in [0.1, 0.15) is 0 Å². The number of aromatic nitrogens is 2. The van der Waals surface area contributed by atoms with Crippen LogP contribution in [0.15, 0.2) is 84.1 Å². The molecule has 0 saturated carbocycles. The fraction of sp³-hybridized carbons (Fsp3) is 0. The Morgan fingerprint density at radius 3 is 2.27 bits per heavy atom. The van der Waals surface area contributed by atoms with Gasteiger partial charge in [0.15, 0.2) is 0 Å². The summed E-state index contributed by atoms with van der Waals surface area (Å²) in [5.74, 6) is 0. The standard InChI is InChI=1S/C17H14N4O/c22-17(19-14-7-3-1-4-8-14)20-15-11-12-21(18-13-15)16-9-5-2-6-10-16/h1-13H,(H,19,22)/b20-15+. The van der Waals surface area contributed by atoms with Crippen LogP contribution in [0.5, 0.6) is 0 Å². The van der Waals surface area contributed by atoms with Crippen LogP contribution in [0.4, 0.5) is 10.5 Å². The van der Waals surface area contributed by atoms with E-state index in [4.69, 9.17) is 0 Å². The second-order valence-corrected chi connectivity index (χ2v) is 4.57. The molecule has 5 heteroatoms. The van der Waals surface area contributed by atoms with Gasteiger partial charge in [0.05, 0.1) is 17.2 Å². The first kappa shape index (κ1) is 13.8. The molecule has 0 aliphatic rings. The van der Waals surface area contributed by atoms with Crippen molar-refractivity contribution in [2.24, 2.45) is 4.99 Å². The van der Waals surface area contributed by atoms with Crippen LogP contribution >= 0.6 is 0 Å². The van der Waals surface area contributed by atoms with E-state index >= 15 is 0 Å². The minimum absolute atomic E-state index is 0.425. The first-order valence-electron chi connectivity index (χ1n) is 6.82. The van der Waals surface area contributed by atoms with Crippen molar-refractivity contribution in [3.63, 3.8) is 0 Å². The lowest BCUT2D eigenvalue weighted by Gasteiger charge is -2.03. The highest BCUT2D eigenvalue weighted by Crippen LogP contribution is 2.05. The number of carbonyl (C=O) groups is 1. The lowest BCUT2D eigenvalue weighted by atomic mass is 10.3. The Hall–Kier alpha value is -3.21. The molecular formula is C17H14N4O. The van der Waals surface area contributed by atoms with Crippen molar-refractivity contribution in [1.82, 2.24) is 9.78 Å². The summed E-state index contributed by atoms with van der Waals surface area (Å²) >= 11 is 0. The Labute approximate surface area is 127 Å². The summed E-state index contributed by atoms with van der Waals surface area (Å²) in [5, 5.41) is 7.45. The third-order valence-electron chi connectivity index (χ3n) is 2.98. The SMILES string of the molecule is O=C(/N=c1\ccn(-c2ccccc2)nc1)Nc1ccccc1. The highest BCUT2D eigenvalue weighted by Gasteiger charge is 1.98. The Bertz CT molecular complexity index is 806. The number of rotatable bonds is 2. The van der Waals surface area contributed by atoms with Crippen molar-refractivity contribution in [3.05, 3.63) is 84.5 Å². The molecule has 22 heavy (non-hydrogen) atoms. The van der Waals surface area contributed by atoms with Gasteiger partial charge in [0.25, 0.3) is 0 Å². The average Bonchev–Trinajstić information content (AvgIpc) is 2.57. The molecule has 0 atom stereocenters. The lowest BCUT2D eigenvalue weighted by molar-refractivity contribution is 0.259. The van der Waals surface area contributed by atoms with Crippen LogP contribution in [0.25, 0.3) is 5.69 Å². The molecule has 0 unspecified atom stereocenters. The molecule has 1 heterocycles. The number of carbonyl (C=O) groups excluding carboxylic acids is 1. The van der Waals surface area contributed by atoms with Gasteiger partial charge in [-0.25, -0.2) is 9.48 Å². The van der Waals surface area contributed by atoms with Crippen LogP contribution < -0.4 is 10.7 Å². The van der Waals surface area contributed by atoms with Gasteiger partial charge in [-0.2, -0.15) is 10.1 Å². The van der Waals surface area contributed by atoms with E-state index in [-0.39, 0.29) is 0 Å². The smallest absolute Gasteiger partial charge is 0.306 e. The van der Waals surface area contributed by atoms with Gasteiger partial charge < -0.3 is 5.32 Å². The van der Waals surface area contributed by atoms with E-state index < -0.39 is 6.03 Å². The Balaban J connectivity index is 1.76. The molecule has 3 aromatic rings. The molecule has 0 saturated heterocycles. The summed E-state index contributed by atoms with van der Waals surface area (Å²) in [7, 11) is 0. The van der Waals surface area contributed by atoms with Gasteiger partial charge in [-0.1, -0.05) is 36.4 Å². The van der Waals surface area contributed by atoms with Crippen molar-refractivity contribution in [1.29, 1.82) is 0 Å². The molecule has 1 N–H and O–H groups in total.